The Morgan fingerprint density at radius 3 is 2.83 bits per heavy atom. The summed E-state index contributed by atoms with van der Waals surface area (Å²) in [6.07, 6.45) is 0.805. The van der Waals surface area contributed by atoms with Crippen LogP contribution in [0.15, 0.2) is 30.3 Å². The van der Waals surface area contributed by atoms with E-state index in [0.717, 1.165) is 5.56 Å². The van der Waals surface area contributed by atoms with E-state index >= 15 is 0 Å². The van der Waals surface area contributed by atoms with Crippen LogP contribution in [0.1, 0.15) is 18.4 Å². The molecule has 1 aliphatic heterocycles. The van der Waals surface area contributed by atoms with Gasteiger partial charge in [0.2, 0.25) is 0 Å². The van der Waals surface area contributed by atoms with E-state index in [2.05, 4.69) is 0 Å². The van der Waals surface area contributed by atoms with Gasteiger partial charge in [0.1, 0.15) is 6.10 Å². The normalized spacial score (nSPS) is 23.7. The molecule has 4 heteroatoms. The van der Waals surface area contributed by atoms with Gasteiger partial charge in [0.25, 0.3) is 0 Å². The molecular weight excluding hydrogens is 232 g/mol. The van der Waals surface area contributed by atoms with Crippen molar-refractivity contribution in [2.24, 2.45) is 0 Å². The highest BCUT2D eigenvalue weighted by Gasteiger charge is 2.28. The topological polar surface area (TPSA) is 44.8 Å². The first-order valence-corrected chi connectivity index (χ1v) is 6.12. The highest BCUT2D eigenvalue weighted by molar-refractivity contribution is 5.71. The fraction of sp³-hybridized carbons (Fsp3) is 0.500. The maximum atomic E-state index is 11.3. The van der Waals surface area contributed by atoms with Crippen molar-refractivity contribution in [1.29, 1.82) is 0 Å². The van der Waals surface area contributed by atoms with E-state index in [4.69, 9.17) is 14.2 Å². The van der Waals surface area contributed by atoms with E-state index in [1.165, 1.54) is 0 Å². The fourth-order valence-corrected chi connectivity index (χ4v) is 2.01. The third-order valence-electron chi connectivity index (χ3n) is 2.97. The van der Waals surface area contributed by atoms with Gasteiger partial charge in [-0.3, -0.25) is 4.79 Å². The second-order valence-electron chi connectivity index (χ2n) is 4.41. The summed E-state index contributed by atoms with van der Waals surface area (Å²) in [5.74, 6) is -0.207. The molecule has 0 unspecified atom stereocenters. The minimum Gasteiger partial charge on any atom is -0.460 e. The zero-order valence-electron chi connectivity index (χ0n) is 10.5. The van der Waals surface area contributed by atoms with Crippen molar-refractivity contribution in [3.8, 4) is 0 Å². The molecule has 4 nitrogen and oxygen atoms in total. The highest BCUT2D eigenvalue weighted by atomic mass is 16.6. The molecule has 1 aliphatic rings. The van der Waals surface area contributed by atoms with Crippen LogP contribution >= 0.6 is 0 Å². The highest BCUT2D eigenvalue weighted by Crippen LogP contribution is 2.18. The number of carbonyl (C=O) groups is 1. The molecule has 0 N–H and O–H groups in total. The molecule has 18 heavy (non-hydrogen) atoms. The van der Waals surface area contributed by atoms with Gasteiger partial charge in [0.15, 0.2) is 0 Å². The lowest BCUT2D eigenvalue weighted by atomic mass is 10.1. The third kappa shape index (κ3) is 3.82. The van der Waals surface area contributed by atoms with Gasteiger partial charge in [-0.1, -0.05) is 30.3 Å². The SMILES string of the molecule is CO[C@H]1CC(=O)O[C@@H](COCc2ccccc2)C1. The van der Waals surface area contributed by atoms with Crippen LogP contribution in [-0.2, 0) is 25.6 Å². The number of benzene rings is 1. The molecule has 1 heterocycles. The maximum Gasteiger partial charge on any atom is 0.308 e. The lowest BCUT2D eigenvalue weighted by molar-refractivity contribution is -0.166. The molecule has 0 bridgehead atoms. The van der Waals surface area contributed by atoms with Crippen LogP contribution in [0.4, 0.5) is 0 Å². The van der Waals surface area contributed by atoms with Crippen molar-refractivity contribution >= 4 is 5.97 Å². The van der Waals surface area contributed by atoms with E-state index in [1.807, 2.05) is 30.3 Å². The number of hydrogen-bond acceptors (Lipinski definition) is 4. The van der Waals surface area contributed by atoms with Gasteiger partial charge in [0, 0.05) is 13.5 Å². The lowest BCUT2D eigenvalue weighted by Gasteiger charge is -2.27. The van der Waals surface area contributed by atoms with Crippen LogP contribution < -0.4 is 0 Å². The lowest BCUT2D eigenvalue weighted by Crippen LogP contribution is -2.36. The Balaban J connectivity index is 1.74. The molecule has 0 saturated carbocycles. The number of cyclic esters (lactones) is 1. The fourth-order valence-electron chi connectivity index (χ4n) is 2.01. The first-order chi connectivity index (χ1) is 8.78. The van der Waals surface area contributed by atoms with E-state index in [-0.39, 0.29) is 18.2 Å². The minimum absolute atomic E-state index is 0.0448. The summed E-state index contributed by atoms with van der Waals surface area (Å²) in [6, 6.07) is 9.92. The Morgan fingerprint density at radius 1 is 1.33 bits per heavy atom. The summed E-state index contributed by atoms with van der Waals surface area (Å²) in [7, 11) is 1.62. The summed E-state index contributed by atoms with van der Waals surface area (Å²) >= 11 is 0. The molecule has 1 aromatic rings. The van der Waals surface area contributed by atoms with Crippen LogP contribution in [-0.4, -0.2) is 31.9 Å². The Morgan fingerprint density at radius 2 is 2.11 bits per heavy atom. The zero-order valence-corrected chi connectivity index (χ0v) is 10.5. The van der Waals surface area contributed by atoms with Crippen LogP contribution in [0.5, 0.6) is 0 Å². The summed E-state index contributed by atoms with van der Waals surface area (Å²) in [6.45, 7) is 0.951. The monoisotopic (exact) mass is 250 g/mol. The molecule has 0 spiro atoms. The van der Waals surface area contributed by atoms with Gasteiger partial charge >= 0.3 is 5.97 Å². The molecule has 2 atom stereocenters. The van der Waals surface area contributed by atoms with Crippen LogP contribution in [0.25, 0.3) is 0 Å². The second kappa shape index (κ2) is 6.52. The van der Waals surface area contributed by atoms with Crippen molar-refractivity contribution < 1.29 is 19.0 Å². The Labute approximate surface area is 107 Å². The number of ether oxygens (including phenoxy) is 3. The number of hydrogen-bond donors (Lipinski definition) is 0. The van der Waals surface area contributed by atoms with Gasteiger partial charge in [-0.05, 0) is 5.56 Å². The molecule has 2 rings (SSSR count). The summed E-state index contributed by atoms with van der Waals surface area (Å²) in [5.41, 5.74) is 1.11. The van der Waals surface area contributed by atoms with Crippen molar-refractivity contribution in [2.75, 3.05) is 13.7 Å². The Kier molecular flexibility index (Phi) is 4.73. The molecular formula is C14H18O4. The first-order valence-electron chi connectivity index (χ1n) is 6.12. The molecule has 1 aromatic carbocycles. The third-order valence-corrected chi connectivity index (χ3v) is 2.97. The van der Waals surface area contributed by atoms with E-state index in [9.17, 15) is 4.79 Å². The number of carbonyl (C=O) groups excluding carboxylic acids is 1. The summed E-state index contributed by atoms with van der Waals surface area (Å²) in [5, 5.41) is 0. The molecule has 1 fully saturated rings. The van der Waals surface area contributed by atoms with Crippen LogP contribution in [0.2, 0.25) is 0 Å². The number of esters is 1. The molecule has 98 valence electrons. The number of rotatable bonds is 5. The quantitative estimate of drug-likeness (QED) is 0.749. The largest absolute Gasteiger partial charge is 0.460 e. The van der Waals surface area contributed by atoms with Crippen molar-refractivity contribution in [3.63, 3.8) is 0 Å². The maximum absolute atomic E-state index is 11.3. The average Bonchev–Trinajstić information content (AvgIpc) is 2.39. The van der Waals surface area contributed by atoms with Crippen LogP contribution in [0, 0.1) is 0 Å². The Hall–Kier alpha value is -1.39. The van der Waals surface area contributed by atoms with E-state index in [0.29, 0.717) is 26.1 Å². The van der Waals surface area contributed by atoms with E-state index < -0.39 is 0 Å². The van der Waals surface area contributed by atoms with Gasteiger partial charge in [-0.15, -0.1) is 0 Å². The Bertz CT molecular complexity index is 377. The van der Waals surface area contributed by atoms with Gasteiger partial charge in [0.05, 0.1) is 25.7 Å². The van der Waals surface area contributed by atoms with Gasteiger partial charge < -0.3 is 14.2 Å². The molecule has 1 saturated heterocycles. The summed E-state index contributed by atoms with van der Waals surface area (Å²) in [4.78, 5) is 11.3. The standard InChI is InChI=1S/C14H18O4/c1-16-12-7-13(18-14(15)8-12)10-17-9-11-5-3-2-4-6-11/h2-6,12-13H,7-10H2,1H3/t12-,13-/m1/s1. The zero-order chi connectivity index (χ0) is 12.8. The molecule has 0 aliphatic carbocycles. The minimum atomic E-state index is -0.207. The van der Waals surface area contributed by atoms with Crippen LogP contribution in [0.3, 0.4) is 0 Å². The summed E-state index contributed by atoms with van der Waals surface area (Å²) < 4.78 is 16.0. The van der Waals surface area contributed by atoms with Crippen molar-refractivity contribution in [2.45, 2.75) is 31.7 Å². The molecule has 0 amide bonds. The second-order valence-corrected chi connectivity index (χ2v) is 4.41. The van der Waals surface area contributed by atoms with E-state index in [1.54, 1.807) is 7.11 Å². The average molecular weight is 250 g/mol. The molecule has 0 radical (unpaired) electrons. The predicted octanol–water partition coefficient (Wildman–Crippen LogP) is 1.92. The van der Waals surface area contributed by atoms with Crippen molar-refractivity contribution in [3.05, 3.63) is 35.9 Å². The van der Waals surface area contributed by atoms with Gasteiger partial charge in [-0.25, -0.2) is 0 Å². The molecule has 0 aromatic heterocycles. The number of methoxy groups -OCH3 is 1. The van der Waals surface area contributed by atoms with Gasteiger partial charge in [-0.2, -0.15) is 0 Å². The van der Waals surface area contributed by atoms with Crippen molar-refractivity contribution in [1.82, 2.24) is 0 Å². The first kappa shape index (κ1) is 13.1. The smallest absolute Gasteiger partial charge is 0.308 e. The predicted molar refractivity (Wildman–Crippen MR) is 66.0 cm³/mol.